The van der Waals surface area contributed by atoms with Gasteiger partial charge in [-0.1, -0.05) is 6.42 Å². The number of fused-ring (bicyclic) bond motifs is 4. The molecule has 110 valence electrons. The van der Waals surface area contributed by atoms with Crippen molar-refractivity contribution in [2.24, 2.45) is 5.92 Å². The van der Waals surface area contributed by atoms with Crippen LogP contribution in [0.3, 0.4) is 0 Å². The number of hydrogen-bond donors (Lipinski definition) is 0. The summed E-state index contributed by atoms with van der Waals surface area (Å²) in [5.74, 6) is 1.55. The minimum Gasteiger partial charge on any atom is -0.426 e. The van der Waals surface area contributed by atoms with Crippen LogP contribution in [0.15, 0.2) is 6.07 Å². The summed E-state index contributed by atoms with van der Waals surface area (Å²) in [5.41, 5.74) is 5.62. The number of nitrogens with zero attached hydrogens (tertiary/aromatic N) is 1. The zero-order chi connectivity index (χ0) is 14.0. The highest BCUT2D eigenvalue weighted by Gasteiger charge is 2.43. The molecule has 1 saturated carbocycles. The minimum absolute atomic E-state index is 0.0362. The van der Waals surface area contributed by atoms with Gasteiger partial charge in [-0.2, -0.15) is 0 Å². The molecular weight excluding hydrogens is 262 g/mol. The third-order valence-corrected chi connectivity index (χ3v) is 5.92. The molecule has 0 saturated heterocycles. The summed E-state index contributed by atoms with van der Waals surface area (Å²) < 4.78 is 5.85. The van der Waals surface area contributed by atoms with Crippen LogP contribution >= 0.6 is 0 Å². The number of anilines is 1. The van der Waals surface area contributed by atoms with E-state index in [1.165, 1.54) is 61.2 Å². The van der Waals surface area contributed by atoms with Crippen LogP contribution in [0.5, 0.6) is 5.75 Å². The molecule has 2 atom stereocenters. The molecular formula is C18H21NO2. The van der Waals surface area contributed by atoms with E-state index >= 15 is 0 Å². The van der Waals surface area contributed by atoms with Crippen molar-refractivity contribution >= 4 is 11.7 Å². The highest BCUT2D eigenvalue weighted by Crippen LogP contribution is 2.52. The molecule has 0 spiro atoms. The monoisotopic (exact) mass is 283 g/mol. The molecule has 3 heterocycles. The Bertz CT molecular complexity index is 635. The van der Waals surface area contributed by atoms with Crippen LogP contribution in [0.1, 0.15) is 54.7 Å². The van der Waals surface area contributed by atoms with Crippen molar-refractivity contribution in [2.45, 2.75) is 50.9 Å². The van der Waals surface area contributed by atoms with Gasteiger partial charge in [0.05, 0.1) is 5.92 Å². The molecule has 3 heteroatoms. The molecule has 1 aromatic carbocycles. The van der Waals surface area contributed by atoms with Crippen molar-refractivity contribution < 1.29 is 9.53 Å². The summed E-state index contributed by atoms with van der Waals surface area (Å²) in [6, 6.07) is 2.39. The zero-order valence-electron chi connectivity index (χ0n) is 12.4. The fourth-order valence-corrected chi connectivity index (χ4v) is 5.04. The van der Waals surface area contributed by atoms with Gasteiger partial charge in [-0.3, -0.25) is 4.79 Å². The lowest BCUT2D eigenvalue weighted by molar-refractivity contribution is -0.140. The molecule has 0 radical (unpaired) electrons. The first-order valence-electron chi connectivity index (χ1n) is 8.48. The summed E-state index contributed by atoms with van der Waals surface area (Å²) in [6.07, 6.45) is 8.07. The fraction of sp³-hybridized carbons (Fsp3) is 0.611. The van der Waals surface area contributed by atoms with Crippen LogP contribution in [0.25, 0.3) is 0 Å². The SMILES string of the molecule is O=C1Oc2c(cc3c4c2CCCN4CCC3)C2CCCC12. The van der Waals surface area contributed by atoms with Gasteiger partial charge in [-0.05, 0) is 55.7 Å². The Kier molecular flexibility index (Phi) is 2.44. The van der Waals surface area contributed by atoms with Gasteiger partial charge in [-0.25, -0.2) is 0 Å². The second-order valence-corrected chi connectivity index (χ2v) is 7.04. The Hall–Kier alpha value is -1.51. The normalized spacial score (nSPS) is 29.5. The average molecular weight is 283 g/mol. The molecule has 0 N–H and O–H groups in total. The quantitative estimate of drug-likeness (QED) is 0.541. The summed E-state index contributed by atoms with van der Waals surface area (Å²) >= 11 is 0. The topological polar surface area (TPSA) is 29.5 Å². The third-order valence-electron chi connectivity index (χ3n) is 5.92. The van der Waals surface area contributed by atoms with Crippen molar-refractivity contribution in [1.82, 2.24) is 0 Å². The first kappa shape index (κ1) is 12.1. The highest BCUT2D eigenvalue weighted by molar-refractivity contribution is 5.83. The standard InChI is InChI=1S/C18H21NO2/c20-18-13-6-1-5-12(13)15-10-11-4-2-8-19-9-3-7-14(16(11)19)17(15)21-18/h10,12-13H,1-9H2. The van der Waals surface area contributed by atoms with Gasteiger partial charge in [-0.15, -0.1) is 0 Å². The first-order valence-corrected chi connectivity index (χ1v) is 8.48. The van der Waals surface area contributed by atoms with E-state index in [1.54, 1.807) is 0 Å². The van der Waals surface area contributed by atoms with Crippen LogP contribution < -0.4 is 9.64 Å². The Labute approximate surface area is 125 Å². The Balaban J connectivity index is 1.74. The van der Waals surface area contributed by atoms with Crippen LogP contribution in [-0.2, 0) is 17.6 Å². The van der Waals surface area contributed by atoms with Gasteiger partial charge in [0.25, 0.3) is 0 Å². The van der Waals surface area contributed by atoms with E-state index in [0.29, 0.717) is 5.92 Å². The predicted molar refractivity (Wildman–Crippen MR) is 81.0 cm³/mol. The van der Waals surface area contributed by atoms with Crippen molar-refractivity contribution in [3.63, 3.8) is 0 Å². The van der Waals surface area contributed by atoms with Crippen molar-refractivity contribution in [1.29, 1.82) is 0 Å². The van der Waals surface area contributed by atoms with Gasteiger partial charge in [0, 0.05) is 30.3 Å². The van der Waals surface area contributed by atoms with Crippen LogP contribution in [0, 0.1) is 5.92 Å². The Morgan fingerprint density at radius 3 is 2.76 bits per heavy atom. The van der Waals surface area contributed by atoms with Gasteiger partial charge < -0.3 is 9.64 Å². The van der Waals surface area contributed by atoms with Gasteiger partial charge in [0.1, 0.15) is 5.75 Å². The molecule has 0 aromatic heterocycles. The summed E-state index contributed by atoms with van der Waals surface area (Å²) in [6.45, 7) is 2.33. The van der Waals surface area contributed by atoms with E-state index in [9.17, 15) is 4.79 Å². The first-order chi connectivity index (χ1) is 10.3. The molecule has 4 aliphatic rings. The van der Waals surface area contributed by atoms with E-state index in [0.717, 1.165) is 25.0 Å². The molecule has 1 aliphatic carbocycles. The number of esters is 1. The number of ether oxygens (including phenoxy) is 1. The maximum Gasteiger partial charge on any atom is 0.314 e. The molecule has 5 rings (SSSR count). The van der Waals surface area contributed by atoms with Gasteiger partial charge in [0.15, 0.2) is 0 Å². The van der Waals surface area contributed by atoms with Crippen LogP contribution in [-0.4, -0.2) is 19.1 Å². The summed E-state index contributed by atoms with van der Waals surface area (Å²) in [4.78, 5) is 14.9. The molecule has 0 amide bonds. The molecule has 2 unspecified atom stereocenters. The number of benzene rings is 1. The molecule has 1 aromatic rings. The molecule has 1 fully saturated rings. The average Bonchev–Trinajstić information content (AvgIpc) is 3.00. The lowest BCUT2D eigenvalue weighted by atomic mass is 9.80. The largest absolute Gasteiger partial charge is 0.426 e. The van der Waals surface area contributed by atoms with Gasteiger partial charge in [0.2, 0.25) is 0 Å². The maximum atomic E-state index is 12.3. The highest BCUT2D eigenvalue weighted by atomic mass is 16.5. The Morgan fingerprint density at radius 1 is 1.05 bits per heavy atom. The van der Waals surface area contributed by atoms with E-state index in [2.05, 4.69) is 11.0 Å². The number of carbonyl (C=O) groups excluding carboxylic acids is 1. The zero-order valence-corrected chi connectivity index (χ0v) is 12.4. The predicted octanol–water partition coefficient (Wildman–Crippen LogP) is 3.19. The summed E-state index contributed by atoms with van der Waals surface area (Å²) in [7, 11) is 0. The minimum atomic E-state index is 0.0362. The fourth-order valence-electron chi connectivity index (χ4n) is 5.04. The second kappa shape index (κ2) is 4.25. The summed E-state index contributed by atoms with van der Waals surface area (Å²) in [5, 5.41) is 0. The van der Waals surface area contributed by atoms with Crippen LogP contribution in [0.4, 0.5) is 5.69 Å². The number of rotatable bonds is 0. The van der Waals surface area contributed by atoms with Gasteiger partial charge >= 0.3 is 5.97 Å². The van der Waals surface area contributed by atoms with Crippen molar-refractivity contribution in [3.05, 3.63) is 22.8 Å². The Morgan fingerprint density at radius 2 is 1.86 bits per heavy atom. The lowest BCUT2D eigenvalue weighted by Crippen LogP contribution is -2.36. The second-order valence-electron chi connectivity index (χ2n) is 7.04. The molecule has 0 bridgehead atoms. The van der Waals surface area contributed by atoms with Crippen molar-refractivity contribution in [2.75, 3.05) is 18.0 Å². The molecule has 3 nitrogen and oxygen atoms in total. The van der Waals surface area contributed by atoms with Crippen LogP contribution in [0.2, 0.25) is 0 Å². The number of hydrogen-bond acceptors (Lipinski definition) is 3. The lowest BCUT2D eigenvalue weighted by Gasteiger charge is -2.40. The number of carbonyl (C=O) groups is 1. The smallest absolute Gasteiger partial charge is 0.314 e. The van der Waals surface area contributed by atoms with E-state index in [4.69, 9.17) is 4.74 Å². The van der Waals surface area contributed by atoms with E-state index < -0.39 is 0 Å². The molecule has 3 aliphatic heterocycles. The third kappa shape index (κ3) is 1.58. The van der Waals surface area contributed by atoms with E-state index in [1.807, 2.05) is 0 Å². The number of aryl methyl sites for hydroxylation is 1. The maximum absolute atomic E-state index is 12.3. The van der Waals surface area contributed by atoms with E-state index in [-0.39, 0.29) is 11.9 Å². The molecule has 21 heavy (non-hydrogen) atoms. The van der Waals surface area contributed by atoms with Crippen molar-refractivity contribution in [3.8, 4) is 5.75 Å².